The van der Waals surface area contributed by atoms with Crippen LogP contribution in [0.25, 0.3) is 10.2 Å². The number of sulfonamides is 1. The van der Waals surface area contributed by atoms with Crippen molar-refractivity contribution in [2.45, 2.75) is 13.0 Å². The summed E-state index contributed by atoms with van der Waals surface area (Å²) in [4.78, 5) is 4.46. The summed E-state index contributed by atoms with van der Waals surface area (Å²) >= 11 is 1.53. The van der Waals surface area contributed by atoms with E-state index in [-0.39, 0.29) is 6.04 Å². The summed E-state index contributed by atoms with van der Waals surface area (Å²) in [5, 5.41) is 0.819. The molecule has 2 rings (SSSR count). The Morgan fingerprint density at radius 2 is 2.00 bits per heavy atom. The van der Waals surface area contributed by atoms with E-state index >= 15 is 0 Å². The molecule has 0 saturated heterocycles. The van der Waals surface area contributed by atoms with Gasteiger partial charge in [0.25, 0.3) is 0 Å². The smallest absolute Gasteiger partial charge is 0.211 e. The SMILES string of the molecule is CC(c1nc2ccccc2s1)N(C)S(C)(=O)=O. The first-order valence-electron chi connectivity index (χ1n) is 5.18. The Morgan fingerprint density at radius 1 is 1.35 bits per heavy atom. The number of hydrogen-bond donors (Lipinski definition) is 0. The van der Waals surface area contributed by atoms with Crippen molar-refractivity contribution in [2.24, 2.45) is 0 Å². The lowest BCUT2D eigenvalue weighted by Gasteiger charge is -2.19. The minimum Gasteiger partial charge on any atom is -0.239 e. The van der Waals surface area contributed by atoms with E-state index in [9.17, 15) is 8.42 Å². The molecule has 0 aliphatic rings. The van der Waals surface area contributed by atoms with Crippen LogP contribution < -0.4 is 0 Å². The number of para-hydroxylation sites is 1. The van der Waals surface area contributed by atoms with E-state index in [1.807, 2.05) is 31.2 Å². The van der Waals surface area contributed by atoms with E-state index in [4.69, 9.17) is 0 Å². The van der Waals surface area contributed by atoms with Crippen molar-refractivity contribution < 1.29 is 8.42 Å². The number of aromatic nitrogens is 1. The molecule has 2 aromatic rings. The van der Waals surface area contributed by atoms with Crippen LogP contribution in [0.2, 0.25) is 0 Å². The standard InChI is InChI=1S/C11H14N2O2S2/c1-8(13(2)17(3,14)15)11-12-9-6-4-5-7-10(9)16-11/h4-8H,1-3H3. The van der Waals surface area contributed by atoms with Gasteiger partial charge in [-0.15, -0.1) is 11.3 Å². The third kappa shape index (κ3) is 2.48. The van der Waals surface area contributed by atoms with E-state index in [1.54, 1.807) is 7.05 Å². The predicted octanol–water partition coefficient (Wildman–Crippen LogP) is 2.25. The summed E-state index contributed by atoms with van der Waals surface area (Å²) in [7, 11) is -1.61. The number of nitrogens with zero attached hydrogens (tertiary/aromatic N) is 2. The molecule has 0 saturated carbocycles. The van der Waals surface area contributed by atoms with Gasteiger partial charge in [-0.1, -0.05) is 12.1 Å². The lowest BCUT2D eigenvalue weighted by molar-refractivity contribution is 0.401. The van der Waals surface area contributed by atoms with E-state index in [0.29, 0.717) is 0 Å². The summed E-state index contributed by atoms with van der Waals surface area (Å²) < 4.78 is 25.3. The fourth-order valence-corrected chi connectivity index (χ4v) is 3.32. The molecule has 0 spiro atoms. The molecule has 1 atom stereocenters. The van der Waals surface area contributed by atoms with Crippen LogP contribution in [0.1, 0.15) is 18.0 Å². The van der Waals surface area contributed by atoms with Crippen molar-refractivity contribution in [3.8, 4) is 0 Å². The zero-order valence-corrected chi connectivity index (χ0v) is 11.5. The van der Waals surface area contributed by atoms with Gasteiger partial charge in [-0.25, -0.2) is 13.4 Å². The van der Waals surface area contributed by atoms with Gasteiger partial charge in [-0.2, -0.15) is 4.31 Å². The molecule has 0 fully saturated rings. The number of thiazole rings is 1. The minimum atomic E-state index is -3.19. The molecule has 4 nitrogen and oxygen atoms in total. The molecule has 0 radical (unpaired) electrons. The van der Waals surface area contributed by atoms with Gasteiger partial charge in [-0.3, -0.25) is 0 Å². The highest BCUT2D eigenvalue weighted by Crippen LogP contribution is 2.29. The quantitative estimate of drug-likeness (QED) is 0.859. The molecular formula is C11H14N2O2S2. The third-order valence-electron chi connectivity index (χ3n) is 2.74. The van der Waals surface area contributed by atoms with Crippen molar-refractivity contribution in [1.82, 2.24) is 9.29 Å². The van der Waals surface area contributed by atoms with E-state index < -0.39 is 10.0 Å². The first kappa shape index (κ1) is 12.5. The summed E-state index contributed by atoms with van der Waals surface area (Å²) in [6.45, 7) is 1.85. The van der Waals surface area contributed by atoms with E-state index in [1.165, 1.54) is 21.9 Å². The highest BCUT2D eigenvalue weighted by atomic mass is 32.2. The van der Waals surface area contributed by atoms with Crippen molar-refractivity contribution in [3.05, 3.63) is 29.3 Å². The Morgan fingerprint density at radius 3 is 2.59 bits per heavy atom. The largest absolute Gasteiger partial charge is 0.239 e. The van der Waals surface area contributed by atoms with Gasteiger partial charge in [0.1, 0.15) is 5.01 Å². The van der Waals surface area contributed by atoms with Crippen LogP contribution in [0.3, 0.4) is 0 Å². The second kappa shape index (κ2) is 4.36. The normalized spacial score (nSPS) is 14.4. The van der Waals surface area contributed by atoms with Crippen LogP contribution >= 0.6 is 11.3 Å². The Balaban J connectivity index is 2.40. The fraction of sp³-hybridized carbons (Fsp3) is 0.364. The molecule has 0 aliphatic carbocycles. The number of rotatable bonds is 3. The molecule has 92 valence electrons. The van der Waals surface area contributed by atoms with Crippen molar-refractivity contribution in [3.63, 3.8) is 0 Å². The maximum Gasteiger partial charge on any atom is 0.211 e. The third-order valence-corrected chi connectivity index (χ3v) is 5.31. The average Bonchev–Trinajstić information content (AvgIpc) is 2.69. The van der Waals surface area contributed by atoms with Crippen LogP contribution in [-0.2, 0) is 10.0 Å². The van der Waals surface area contributed by atoms with Crippen molar-refractivity contribution in [1.29, 1.82) is 0 Å². The van der Waals surface area contributed by atoms with Crippen LogP contribution in [0.4, 0.5) is 0 Å². The van der Waals surface area contributed by atoms with Gasteiger partial charge < -0.3 is 0 Å². The molecular weight excluding hydrogens is 256 g/mol. The van der Waals surface area contributed by atoms with Gasteiger partial charge in [0, 0.05) is 7.05 Å². The Kier molecular flexibility index (Phi) is 3.20. The molecule has 1 aromatic heterocycles. The molecule has 6 heteroatoms. The van der Waals surface area contributed by atoms with Gasteiger partial charge >= 0.3 is 0 Å². The first-order valence-corrected chi connectivity index (χ1v) is 7.84. The topological polar surface area (TPSA) is 50.3 Å². The first-order chi connectivity index (χ1) is 7.89. The van der Waals surface area contributed by atoms with Gasteiger partial charge in [0.05, 0.1) is 22.5 Å². The summed E-state index contributed by atoms with van der Waals surface area (Å²) in [5.74, 6) is 0. The molecule has 1 unspecified atom stereocenters. The second-order valence-corrected chi connectivity index (χ2v) is 7.08. The molecule has 0 amide bonds. The molecule has 17 heavy (non-hydrogen) atoms. The highest BCUT2D eigenvalue weighted by Gasteiger charge is 2.22. The second-order valence-electron chi connectivity index (χ2n) is 3.98. The van der Waals surface area contributed by atoms with Crippen molar-refractivity contribution >= 4 is 31.6 Å². The highest BCUT2D eigenvalue weighted by molar-refractivity contribution is 7.88. The zero-order valence-electron chi connectivity index (χ0n) is 9.91. The molecule has 0 aliphatic heterocycles. The van der Waals surface area contributed by atoms with Crippen molar-refractivity contribution in [2.75, 3.05) is 13.3 Å². The number of benzene rings is 1. The zero-order chi connectivity index (χ0) is 12.6. The number of fused-ring (bicyclic) bond motifs is 1. The van der Waals surface area contributed by atoms with Crippen LogP contribution in [0, 0.1) is 0 Å². The van der Waals surface area contributed by atoms with E-state index in [2.05, 4.69) is 4.98 Å². The lowest BCUT2D eigenvalue weighted by Crippen LogP contribution is -2.28. The number of hydrogen-bond acceptors (Lipinski definition) is 4. The Labute approximate surface area is 105 Å². The predicted molar refractivity (Wildman–Crippen MR) is 70.6 cm³/mol. The molecule has 0 bridgehead atoms. The molecule has 1 aromatic carbocycles. The van der Waals surface area contributed by atoms with Crippen LogP contribution in [-0.4, -0.2) is 31.0 Å². The maximum atomic E-state index is 11.5. The van der Waals surface area contributed by atoms with E-state index in [0.717, 1.165) is 15.2 Å². The minimum absolute atomic E-state index is 0.234. The molecule has 0 N–H and O–H groups in total. The summed E-state index contributed by atoms with van der Waals surface area (Å²) in [6.07, 6.45) is 1.21. The summed E-state index contributed by atoms with van der Waals surface area (Å²) in [6, 6.07) is 7.57. The molecule has 1 heterocycles. The Bertz CT molecular complexity index is 601. The monoisotopic (exact) mass is 270 g/mol. The fourth-order valence-electron chi connectivity index (χ4n) is 1.51. The lowest BCUT2D eigenvalue weighted by atomic mass is 10.3. The van der Waals surface area contributed by atoms with Gasteiger partial charge in [-0.05, 0) is 19.1 Å². The maximum absolute atomic E-state index is 11.5. The Hall–Kier alpha value is -0.980. The van der Waals surface area contributed by atoms with Gasteiger partial charge in [0.2, 0.25) is 10.0 Å². The average molecular weight is 270 g/mol. The summed E-state index contributed by atoms with van der Waals surface area (Å²) in [5.41, 5.74) is 0.918. The van der Waals surface area contributed by atoms with Gasteiger partial charge in [0.15, 0.2) is 0 Å². The van der Waals surface area contributed by atoms with Crippen LogP contribution in [0.5, 0.6) is 0 Å². The van der Waals surface area contributed by atoms with Crippen LogP contribution in [0.15, 0.2) is 24.3 Å².